The van der Waals surface area contributed by atoms with E-state index < -0.39 is 15.9 Å². The highest BCUT2D eigenvalue weighted by Crippen LogP contribution is 2.33. The Balaban J connectivity index is 2.05. The van der Waals surface area contributed by atoms with Gasteiger partial charge in [-0.3, -0.25) is 19.3 Å². The maximum Gasteiger partial charge on any atom is 0.267 e. The Morgan fingerprint density at radius 2 is 1.70 bits per heavy atom. The molecule has 0 fully saturated rings. The van der Waals surface area contributed by atoms with Gasteiger partial charge in [0.25, 0.3) is 15.9 Å². The van der Waals surface area contributed by atoms with Gasteiger partial charge in [-0.25, -0.2) is 13.9 Å². The highest BCUT2D eigenvalue weighted by Gasteiger charge is 2.23. The molecule has 0 aliphatic rings. The van der Waals surface area contributed by atoms with Crippen molar-refractivity contribution in [3.05, 3.63) is 84.2 Å². The lowest BCUT2D eigenvalue weighted by Crippen LogP contribution is -2.26. The first kappa shape index (κ1) is 23.8. The zero-order valence-electron chi connectivity index (χ0n) is 18.2. The van der Waals surface area contributed by atoms with Crippen molar-refractivity contribution in [1.29, 1.82) is 0 Å². The van der Waals surface area contributed by atoms with Crippen LogP contribution in [0.15, 0.2) is 78.0 Å². The van der Waals surface area contributed by atoms with E-state index in [9.17, 15) is 13.2 Å². The molecule has 0 saturated heterocycles. The molecule has 0 saturated carbocycles. The molecule has 0 atom stereocenters. The summed E-state index contributed by atoms with van der Waals surface area (Å²) in [7, 11) is 0.391. The average Bonchev–Trinajstić information content (AvgIpc) is 2.86. The van der Waals surface area contributed by atoms with E-state index in [1.165, 1.54) is 45.5 Å². The fourth-order valence-corrected chi connectivity index (χ4v) is 4.37. The maximum atomic E-state index is 13.3. The van der Waals surface area contributed by atoms with Gasteiger partial charge in [-0.1, -0.05) is 12.1 Å². The number of carbonyl (C=O) groups excluding carboxylic acids is 1. The lowest BCUT2D eigenvalue weighted by molar-refractivity contribution is -0.124. The Morgan fingerprint density at radius 3 is 2.33 bits per heavy atom. The number of pyridine rings is 1. The Kier molecular flexibility index (Phi) is 7.31. The van der Waals surface area contributed by atoms with Crippen molar-refractivity contribution < 1.29 is 27.9 Å². The molecular weight excluding hydrogens is 446 g/mol. The molecule has 0 bridgehead atoms. The molecule has 10 heteroatoms. The Bertz CT molecular complexity index is 1280. The molecule has 33 heavy (non-hydrogen) atoms. The summed E-state index contributed by atoms with van der Waals surface area (Å²) < 4.78 is 38.1. The van der Waals surface area contributed by atoms with Crippen LogP contribution in [-0.2, 0) is 14.8 Å². The molecule has 2 N–H and O–H groups in total. The monoisotopic (exact) mass is 469 g/mol. The van der Waals surface area contributed by atoms with Gasteiger partial charge in [-0.05, 0) is 53.1 Å². The summed E-state index contributed by atoms with van der Waals surface area (Å²) in [6, 6.07) is 14.4. The number of carbonyl (C=O) groups is 1. The minimum Gasteiger partial charge on any atom is -0.493 e. The van der Waals surface area contributed by atoms with Crippen LogP contribution < -0.4 is 19.3 Å². The summed E-state index contributed by atoms with van der Waals surface area (Å²) in [6.45, 7) is 0. The number of hydrogen-bond acceptors (Lipinski definition) is 7. The number of nitrogens with one attached hydrogen (secondary N) is 1. The zero-order chi connectivity index (χ0) is 24.0. The van der Waals surface area contributed by atoms with Crippen LogP contribution in [0.1, 0.15) is 11.1 Å². The highest BCUT2D eigenvalue weighted by atomic mass is 32.2. The molecule has 3 rings (SSSR count). The van der Waals surface area contributed by atoms with E-state index in [1.54, 1.807) is 54.3 Å². The second-order valence-corrected chi connectivity index (χ2v) is 8.78. The lowest BCUT2D eigenvalue weighted by Gasteiger charge is -2.21. The van der Waals surface area contributed by atoms with Crippen LogP contribution in [0.4, 0.5) is 5.69 Å². The molecule has 9 nitrogen and oxygen atoms in total. The molecule has 0 aliphatic heterocycles. The van der Waals surface area contributed by atoms with Crippen molar-refractivity contribution in [2.24, 2.45) is 0 Å². The minimum absolute atomic E-state index is 0.0256. The summed E-state index contributed by atoms with van der Waals surface area (Å²) in [4.78, 5) is 15.9. The van der Waals surface area contributed by atoms with Crippen LogP contribution in [0, 0.1) is 0 Å². The van der Waals surface area contributed by atoms with Crippen molar-refractivity contribution >= 4 is 27.2 Å². The first-order valence-electron chi connectivity index (χ1n) is 9.69. The van der Waals surface area contributed by atoms with E-state index in [1.807, 2.05) is 0 Å². The number of nitrogens with zero attached hydrogens (tertiary/aromatic N) is 2. The molecule has 0 radical (unpaired) electrons. The van der Waals surface area contributed by atoms with E-state index in [0.717, 1.165) is 4.31 Å². The number of amides is 1. The van der Waals surface area contributed by atoms with E-state index >= 15 is 0 Å². The van der Waals surface area contributed by atoms with Gasteiger partial charge in [0.2, 0.25) is 0 Å². The third-order valence-corrected chi connectivity index (χ3v) is 6.69. The summed E-state index contributed by atoms with van der Waals surface area (Å²) >= 11 is 0. The summed E-state index contributed by atoms with van der Waals surface area (Å²) in [5.74, 6) is -0.0208. The van der Waals surface area contributed by atoms with Crippen LogP contribution >= 0.6 is 0 Å². The number of anilines is 1. The Labute approximate surface area is 191 Å². The number of rotatable bonds is 8. The van der Waals surface area contributed by atoms with Gasteiger partial charge in [-0.2, -0.15) is 0 Å². The zero-order valence-corrected chi connectivity index (χ0v) is 19.0. The van der Waals surface area contributed by atoms with Gasteiger partial charge in [-0.15, -0.1) is 0 Å². The average molecular weight is 470 g/mol. The smallest absolute Gasteiger partial charge is 0.267 e. The first-order chi connectivity index (χ1) is 15.8. The second-order valence-electron chi connectivity index (χ2n) is 6.81. The lowest BCUT2D eigenvalue weighted by atomic mass is 9.98. The topological polar surface area (TPSA) is 118 Å². The molecular formula is C23H23N3O6S. The van der Waals surface area contributed by atoms with E-state index in [-0.39, 0.29) is 4.90 Å². The summed E-state index contributed by atoms with van der Waals surface area (Å²) in [5, 5.41) is 8.97. The molecule has 172 valence electrons. The standard InChI is InChI=1S/C23H23N3O6S/c1-26(33(29,30)19-7-8-21(31-2)22(14-19)32-3)18-6-4-5-17(13-18)20(15-23(27)25-28)16-9-11-24-12-10-16/h4-15,28H,1-3H3,(H,25,27)/b20-15-. The fourth-order valence-electron chi connectivity index (χ4n) is 3.17. The maximum absolute atomic E-state index is 13.3. The number of aromatic nitrogens is 1. The number of benzene rings is 2. The van der Waals surface area contributed by atoms with Crippen LogP contribution in [-0.4, -0.2) is 45.8 Å². The second kappa shape index (κ2) is 10.2. The fraction of sp³-hybridized carbons (Fsp3) is 0.130. The normalized spacial score (nSPS) is 11.6. The van der Waals surface area contributed by atoms with E-state index in [2.05, 4.69) is 4.98 Å². The van der Waals surface area contributed by atoms with Crippen molar-refractivity contribution in [3.8, 4) is 11.5 Å². The largest absolute Gasteiger partial charge is 0.493 e. The predicted octanol–water partition coefficient (Wildman–Crippen LogP) is 2.86. The molecule has 2 aromatic carbocycles. The van der Waals surface area contributed by atoms with E-state index in [4.69, 9.17) is 14.7 Å². The number of hydrogen-bond donors (Lipinski definition) is 2. The molecule has 0 spiro atoms. The first-order valence-corrected chi connectivity index (χ1v) is 11.1. The van der Waals surface area contributed by atoms with Crippen LogP contribution in [0.3, 0.4) is 0 Å². The number of methoxy groups -OCH3 is 2. The summed E-state index contributed by atoms with van der Waals surface area (Å²) in [5.41, 5.74) is 3.65. The Hall–Kier alpha value is -3.89. The SMILES string of the molecule is COc1ccc(S(=O)(=O)N(C)c2cccc(/C(=C\C(=O)NO)c3ccncc3)c2)cc1OC. The van der Waals surface area contributed by atoms with Crippen molar-refractivity contribution in [2.45, 2.75) is 4.90 Å². The minimum atomic E-state index is -3.94. The molecule has 3 aromatic rings. The van der Waals surface area contributed by atoms with E-state index in [0.29, 0.717) is 33.9 Å². The van der Waals surface area contributed by atoms with Crippen LogP contribution in [0.25, 0.3) is 5.57 Å². The van der Waals surface area contributed by atoms with Crippen molar-refractivity contribution in [1.82, 2.24) is 10.5 Å². The molecule has 1 heterocycles. The van der Waals surface area contributed by atoms with Crippen LogP contribution in [0.5, 0.6) is 11.5 Å². The van der Waals surface area contributed by atoms with Gasteiger partial charge in [0.1, 0.15) is 0 Å². The summed E-state index contributed by atoms with van der Waals surface area (Å²) in [6.07, 6.45) is 4.35. The number of sulfonamides is 1. The van der Waals surface area contributed by atoms with Gasteiger partial charge in [0.05, 0.1) is 24.8 Å². The molecule has 1 amide bonds. The number of ether oxygens (including phenoxy) is 2. The van der Waals surface area contributed by atoms with Gasteiger partial charge < -0.3 is 9.47 Å². The van der Waals surface area contributed by atoms with Gasteiger partial charge in [0.15, 0.2) is 11.5 Å². The highest BCUT2D eigenvalue weighted by molar-refractivity contribution is 7.92. The third-order valence-electron chi connectivity index (χ3n) is 4.91. The quantitative estimate of drug-likeness (QED) is 0.296. The molecule has 0 aliphatic carbocycles. The van der Waals surface area contributed by atoms with Crippen molar-refractivity contribution in [3.63, 3.8) is 0 Å². The third kappa shape index (κ3) is 5.13. The van der Waals surface area contributed by atoms with Gasteiger partial charge >= 0.3 is 0 Å². The van der Waals surface area contributed by atoms with Crippen LogP contribution in [0.2, 0.25) is 0 Å². The molecule has 1 aromatic heterocycles. The van der Waals surface area contributed by atoms with Gasteiger partial charge in [0, 0.05) is 31.6 Å². The van der Waals surface area contributed by atoms with Crippen molar-refractivity contribution in [2.75, 3.05) is 25.6 Å². The predicted molar refractivity (Wildman–Crippen MR) is 123 cm³/mol. The number of hydroxylamine groups is 1. The molecule has 0 unspecified atom stereocenters. The Morgan fingerprint density at radius 1 is 1.00 bits per heavy atom.